The maximum Gasteiger partial charge on any atom is 0.327 e. The van der Waals surface area contributed by atoms with E-state index in [4.69, 9.17) is 5.73 Å². The number of rotatable bonds is 7. The van der Waals surface area contributed by atoms with Gasteiger partial charge >= 0.3 is 5.97 Å². The Morgan fingerprint density at radius 1 is 1.28 bits per heavy atom. The molecule has 0 radical (unpaired) electrons. The van der Waals surface area contributed by atoms with Crippen LogP contribution in [0.15, 0.2) is 35.3 Å². The summed E-state index contributed by atoms with van der Waals surface area (Å²) in [6.45, 7) is 3.32. The number of carboxylic acid groups (broad SMARTS) is 1. The molecule has 0 bridgehead atoms. The highest BCUT2D eigenvalue weighted by Gasteiger charge is 2.64. The zero-order chi connectivity index (χ0) is 23.6. The van der Waals surface area contributed by atoms with Gasteiger partial charge in [-0.3, -0.25) is 19.4 Å². The lowest BCUT2D eigenvalue weighted by atomic mass is 9.95. The number of aliphatic imine (C=N–C) groups is 1. The highest BCUT2D eigenvalue weighted by molar-refractivity contribution is 8.01. The molecule has 32 heavy (non-hydrogen) atoms. The normalized spacial score (nSPS) is 24.7. The molecule has 172 valence electrons. The predicted molar refractivity (Wildman–Crippen MR) is 119 cm³/mol. The number of carbonyl (C=O) groups excluding carboxylic acids is 3. The number of nitrogens with zero attached hydrogens (tertiary/aromatic N) is 2. The molecule has 0 aromatic heterocycles. The van der Waals surface area contributed by atoms with Crippen LogP contribution >= 0.6 is 11.8 Å². The van der Waals surface area contributed by atoms with Crippen molar-refractivity contribution in [2.45, 2.75) is 42.1 Å². The van der Waals surface area contributed by atoms with E-state index in [-0.39, 0.29) is 12.5 Å². The third kappa shape index (κ3) is 4.49. The van der Waals surface area contributed by atoms with Gasteiger partial charge in [0.2, 0.25) is 17.7 Å². The van der Waals surface area contributed by atoms with E-state index in [0.717, 1.165) is 0 Å². The lowest BCUT2D eigenvalue weighted by Crippen LogP contribution is -2.71. The summed E-state index contributed by atoms with van der Waals surface area (Å²) in [5, 5.41) is 17.0. The second-order valence-electron chi connectivity index (χ2n) is 7.96. The molecule has 1 aromatic carbocycles. The number of carboxylic acids is 1. The molecule has 2 aliphatic rings. The molecule has 0 aliphatic carbocycles. The third-order valence-corrected chi connectivity index (χ3v) is 6.92. The fourth-order valence-corrected chi connectivity index (χ4v) is 5.42. The zero-order valence-electron chi connectivity index (χ0n) is 17.9. The molecule has 2 saturated heterocycles. The minimum Gasteiger partial charge on any atom is -0.480 e. The van der Waals surface area contributed by atoms with E-state index in [9.17, 15) is 24.3 Å². The largest absolute Gasteiger partial charge is 0.480 e. The summed E-state index contributed by atoms with van der Waals surface area (Å²) >= 11 is 1.33. The van der Waals surface area contributed by atoms with Crippen LogP contribution in [-0.4, -0.2) is 75.5 Å². The molecule has 0 spiro atoms. The summed E-state index contributed by atoms with van der Waals surface area (Å²) in [6, 6.07) is 5.69. The van der Waals surface area contributed by atoms with E-state index in [1.54, 1.807) is 44.2 Å². The minimum atomic E-state index is -1.08. The van der Waals surface area contributed by atoms with Crippen molar-refractivity contribution in [3.05, 3.63) is 35.9 Å². The molecule has 3 amide bonds. The Kier molecular flexibility index (Phi) is 6.63. The Labute approximate surface area is 189 Å². The second kappa shape index (κ2) is 9.07. The summed E-state index contributed by atoms with van der Waals surface area (Å²) in [6.07, 6.45) is 0. The van der Waals surface area contributed by atoms with Gasteiger partial charge in [-0.15, -0.1) is 11.8 Å². The van der Waals surface area contributed by atoms with Crippen LogP contribution in [0.5, 0.6) is 0 Å². The van der Waals surface area contributed by atoms with E-state index in [1.807, 2.05) is 0 Å². The fourth-order valence-electron chi connectivity index (χ4n) is 3.79. The van der Waals surface area contributed by atoms with Crippen LogP contribution in [0.1, 0.15) is 25.5 Å². The Bertz CT molecular complexity index is 953. The van der Waals surface area contributed by atoms with Gasteiger partial charge in [0.25, 0.3) is 0 Å². The first-order valence-electron chi connectivity index (χ1n) is 9.90. The standard InChI is InChI=1S/C20H26N6O5S/c1-20(2)14(18(30)31)26-16(29)13(17(26)32-20)25-15(28)12(10-7-5-4-6-8-10)24-11(27)9-23-19(21)22-3/h4-8,12-14,17H,9H2,1-3H3,(H,24,27)(H,25,28)(H,30,31)(H3,21,22,23)/t12?,13-,14+,17-/m1/s1. The second-order valence-corrected chi connectivity index (χ2v) is 9.73. The quantitative estimate of drug-likeness (QED) is 0.196. The molecule has 0 saturated carbocycles. The Hall–Kier alpha value is -3.28. The highest BCUT2D eigenvalue weighted by atomic mass is 32.2. The lowest BCUT2D eigenvalue weighted by Gasteiger charge is -2.44. The number of hydrogen-bond donors (Lipinski definition) is 5. The molecular weight excluding hydrogens is 436 g/mol. The number of amides is 3. The molecular formula is C20H26N6O5S. The number of nitrogens with two attached hydrogens (primary N) is 1. The van der Waals surface area contributed by atoms with Crippen LogP contribution in [0.25, 0.3) is 0 Å². The number of nitrogens with one attached hydrogen (secondary N) is 3. The van der Waals surface area contributed by atoms with Crippen molar-refractivity contribution in [1.29, 1.82) is 0 Å². The van der Waals surface area contributed by atoms with Crippen molar-refractivity contribution in [2.75, 3.05) is 13.6 Å². The van der Waals surface area contributed by atoms with Crippen molar-refractivity contribution in [2.24, 2.45) is 10.7 Å². The fraction of sp³-hybridized carbons (Fsp3) is 0.450. The van der Waals surface area contributed by atoms with Crippen LogP contribution in [0.4, 0.5) is 0 Å². The van der Waals surface area contributed by atoms with Gasteiger partial charge in [-0.05, 0) is 19.4 Å². The number of hydrogen-bond acceptors (Lipinski definition) is 6. The van der Waals surface area contributed by atoms with Crippen molar-refractivity contribution in [3.63, 3.8) is 0 Å². The third-order valence-electron chi connectivity index (χ3n) is 5.34. The van der Waals surface area contributed by atoms with Gasteiger partial charge in [-0.2, -0.15) is 0 Å². The van der Waals surface area contributed by atoms with Crippen molar-refractivity contribution >= 4 is 41.4 Å². The topological polar surface area (TPSA) is 166 Å². The van der Waals surface area contributed by atoms with Crippen molar-refractivity contribution < 1.29 is 24.3 Å². The number of thioether (sulfide) groups is 1. The van der Waals surface area contributed by atoms with E-state index >= 15 is 0 Å². The average Bonchev–Trinajstić information content (AvgIpc) is 3.02. The maximum absolute atomic E-state index is 13.1. The van der Waals surface area contributed by atoms with Gasteiger partial charge in [-0.25, -0.2) is 4.79 Å². The lowest BCUT2D eigenvalue weighted by molar-refractivity contribution is -0.161. The van der Waals surface area contributed by atoms with Crippen LogP contribution in [0.2, 0.25) is 0 Å². The molecule has 2 fully saturated rings. The van der Waals surface area contributed by atoms with Gasteiger partial charge < -0.3 is 31.7 Å². The number of fused-ring (bicyclic) bond motifs is 1. The van der Waals surface area contributed by atoms with Gasteiger partial charge in [-0.1, -0.05) is 30.3 Å². The van der Waals surface area contributed by atoms with E-state index in [1.165, 1.54) is 23.7 Å². The molecule has 4 atom stereocenters. The molecule has 1 aromatic rings. The van der Waals surface area contributed by atoms with Gasteiger partial charge in [0.05, 0.1) is 6.54 Å². The Morgan fingerprint density at radius 2 is 1.94 bits per heavy atom. The summed E-state index contributed by atoms with van der Waals surface area (Å²) in [7, 11) is 1.47. The van der Waals surface area contributed by atoms with Crippen LogP contribution < -0.4 is 21.7 Å². The maximum atomic E-state index is 13.1. The summed E-state index contributed by atoms with van der Waals surface area (Å²) in [5.74, 6) is -2.53. The van der Waals surface area contributed by atoms with E-state index < -0.39 is 51.9 Å². The van der Waals surface area contributed by atoms with Crippen molar-refractivity contribution in [3.8, 4) is 0 Å². The number of guanidine groups is 1. The number of benzene rings is 1. The summed E-state index contributed by atoms with van der Waals surface area (Å²) in [5.41, 5.74) is 6.06. The van der Waals surface area contributed by atoms with Gasteiger partial charge in [0, 0.05) is 11.8 Å². The Morgan fingerprint density at radius 3 is 2.53 bits per heavy atom. The van der Waals surface area contributed by atoms with Crippen LogP contribution in [0, 0.1) is 0 Å². The van der Waals surface area contributed by atoms with E-state index in [0.29, 0.717) is 5.56 Å². The first kappa shape index (κ1) is 23.4. The highest BCUT2D eigenvalue weighted by Crippen LogP contribution is 2.50. The van der Waals surface area contributed by atoms with Gasteiger partial charge in [0.1, 0.15) is 23.5 Å². The first-order chi connectivity index (χ1) is 15.1. The number of carbonyl (C=O) groups is 4. The van der Waals surface area contributed by atoms with E-state index in [2.05, 4.69) is 20.9 Å². The van der Waals surface area contributed by atoms with Gasteiger partial charge in [0.15, 0.2) is 5.96 Å². The molecule has 2 aliphatic heterocycles. The predicted octanol–water partition coefficient (Wildman–Crippen LogP) is -0.990. The molecule has 2 heterocycles. The molecule has 6 N–H and O–H groups in total. The van der Waals surface area contributed by atoms with Crippen molar-refractivity contribution in [1.82, 2.24) is 20.9 Å². The van der Waals surface area contributed by atoms with Crippen LogP contribution in [-0.2, 0) is 19.2 Å². The SMILES string of the molecule is CN=C(N)NCC(=O)NC(C(=O)N[C@@H]1C(=O)N2[C@@H]1SC(C)(C)[C@@H]2C(=O)O)c1ccccc1. The number of β-lactam (4-membered cyclic amide) rings is 1. The molecule has 11 nitrogen and oxygen atoms in total. The molecule has 1 unspecified atom stereocenters. The number of aliphatic carboxylic acids is 1. The summed E-state index contributed by atoms with van der Waals surface area (Å²) < 4.78 is -0.703. The zero-order valence-corrected chi connectivity index (χ0v) is 18.7. The Balaban J connectivity index is 1.73. The molecule has 12 heteroatoms. The average molecular weight is 463 g/mol. The monoisotopic (exact) mass is 462 g/mol. The molecule has 3 rings (SSSR count). The first-order valence-corrected chi connectivity index (χ1v) is 10.8. The minimum absolute atomic E-state index is 0.0786. The summed E-state index contributed by atoms with van der Waals surface area (Å²) in [4.78, 5) is 54.8. The smallest absolute Gasteiger partial charge is 0.327 e. The van der Waals surface area contributed by atoms with Crippen LogP contribution in [0.3, 0.4) is 0 Å².